The molecule has 0 spiro atoms. The van der Waals surface area contributed by atoms with Crippen molar-refractivity contribution in [3.05, 3.63) is 0 Å². The van der Waals surface area contributed by atoms with Gasteiger partial charge in [0.25, 0.3) is 0 Å². The molecule has 0 aromatic rings. The van der Waals surface area contributed by atoms with Crippen LogP contribution in [0.1, 0.15) is 46.0 Å². The molecule has 0 aliphatic heterocycles. The van der Waals surface area contributed by atoms with Crippen molar-refractivity contribution in [3.63, 3.8) is 0 Å². The SMILES string of the molecule is CCCCOC1(CN)CCC(C)C1. The zero-order valence-electron chi connectivity index (χ0n) is 9.01. The number of nitrogens with two attached hydrogens (primary N) is 1. The molecule has 13 heavy (non-hydrogen) atoms. The van der Waals surface area contributed by atoms with Gasteiger partial charge in [0.1, 0.15) is 0 Å². The highest BCUT2D eigenvalue weighted by Crippen LogP contribution is 2.36. The maximum atomic E-state index is 5.93. The van der Waals surface area contributed by atoms with Gasteiger partial charge >= 0.3 is 0 Å². The summed E-state index contributed by atoms with van der Waals surface area (Å²) in [5, 5.41) is 0. The van der Waals surface area contributed by atoms with Crippen molar-refractivity contribution in [1.29, 1.82) is 0 Å². The van der Waals surface area contributed by atoms with Gasteiger partial charge in [0, 0.05) is 13.2 Å². The van der Waals surface area contributed by atoms with Crippen molar-refractivity contribution in [3.8, 4) is 0 Å². The molecule has 0 aromatic carbocycles. The van der Waals surface area contributed by atoms with E-state index in [-0.39, 0.29) is 5.60 Å². The van der Waals surface area contributed by atoms with Crippen molar-refractivity contribution in [2.75, 3.05) is 13.2 Å². The normalized spacial score (nSPS) is 33.9. The Hall–Kier alpha value is -0.0800. The van der Waals surface area contributed by atoms with Gasteiger partial charge in [0.2, 0.25) is 0 Å². The second-order valence-corrected chi connectivity index (χ2v) is 4.44. The number of rotatable bonds is 5. The first-order valence-corrected chi connectivity index (χ1v) is 5.56. The number of unbranched alkanes of at least 4 members (excludes halogenated alkanes) is 1. The highest BCUT2D eigenvalue weighted by molar-refractivity contribution is 4.90. The lowest BCUT2D eigenvalue weighted by molar-refractivity contribution is -0.0369. The van der Waals surface area contributed by atoms with Crippen LogP contribution in [0.4, 0.5) is 0 Å². The third-order valence-corrected chi connectivity index (χ3v) is 3.09. The van der Waals surface area contributed by atoms with Gasteiger partial charge in [-0.05, 0) is 31.6 Å². The van der Waals surface area contributed by atoms with Crippen LogP contribution >= 0.6 is 0 Å². The van der Waals surface area contributed by atoms with E-state index in [0.29, 0.717) is 6.54 Å². The maximum Gasteiger partial charge on any atom is 0.0806 e. The van der Waals surface area contributed by atoms with Crippen LogP contribution in [0.15, 0.2) is 0 Å². The average Bonchev–Trinajstić information content (AvgIpc) is 2.49. The molecule has 1 saturated carbocycles. The lowest BCUT2D eigenvalue weighted by atomic mass is 10.0. The predicted molar refractivity (Wildman–Crippen MR) is 55.7 cm³/mol. The lowest BCUT2D eigenvalue weighted by Gasteiger charge is -2.28. The summed E-state index contributed by atoms with van der Waals surface area (Å²) in [5.41, 5.74) is 5.82. The van der Waals surface area contributed by atoms with Crippen LogP contribution < -0.4 is 5.73 Å². The van der Waals surface area contributed by atoms with Crippen LogP contribution in [0.2, 0.25) is 0 Å². The van der Waals surface area contributed by atoms with Crippen LogP contribution in [-0.4, -0.2) is 18.8 Å². The van der Waals surface area contributed by atoms with Crippen LogP contribution in [-0.2, 0) is 4.74 Å². The molecule has 0 amide bonds. The molecule has 1 aliphatic rings. The van der Waals surface area contributed by atoms with Gasteiger partial charge in [-0.15, -0.1) is 0 Å². The summed E-state index contributed by atoms with van der Waals surface area (Å²) in [4.78, 5) is 0. The van der Waals surface area contributed by atoms with E-state index in [1.165, 1.54) is 12.8 Å². The van der Waals surface area contributed by atoms with Crippen molar-refractivity contribution in [2.45, 2.75) is 51.6 Å². The molecular weight excluding hydrogens is 162 g/mol. The number of ether oxygens (including phenoxy) is 1. The Bertz CT molecular complexity index is 149. The van der Waals surface area contributed by atoms with E-state index in [0.717, 1.165) is 31.8 Å². The molecule has 78 valence electrons. The fourth-order valence-electron chi connectivity index (χ4n) is 2.16. The Morgan fingerprint density at radius 2 is 2.31 bits per heavy atom. The van der Waals surface area contributed by atoms with Crippen LogP contribution in [0.25, 0.3) is 0 Å². The second kappa shape index (κ2) is 4.97. The summed E-state index contributed by atoms with van der Waals surface area (Å²) < 4.78 is 5.93. The second-order valence-electron chi connectivity index (χ2n) is 4.44. The Balaban J connectivity index is 2.32. The van der Waals surface area contributed by atoms with Crippen LogP contribution in [0.5, 0.6) is 0 Å². The smallest absolute Gasteiger partial charge is 0.0806 e. The standard InChI is InChI=1S/C11H23NO/c1-3-4-7-13-11(9-12)6-5-10(2)8-11/h10H,3-9,12H2,1-2H3. The van der Waals surface area contributed by atoms with Gasteiger partial charge in [-0.25, -0.2) is 0 Å². The molecule has 2 unspecified atom stereocenters. The zero-order chi connectivity index (χ0) is 9.73. The molecule has 0 aromatic heterocycles. The van der Waals surface area contributed by atoms with E-state index in [1.807, 2.05) is 0 Å². The fraction of sp³-hybridized carbons (Fsp3) is 1.00. The van der Waals surface area contributed by atoms with E-state index in [4.69, 9.17) is 10.5 Å². The molecule has 2 atom stereocenters. The molecule has 0 saturated heterocycles. The first kappa shape index (κ1) is 11.0. The van der Waals surface area contributed by atoms with Crippen LogP contribution in [0, 0.1) is 5.92 Å². The van der Waals surface area contributed by atoms with E-state index in [1.54, 1.807) is 0 Å². The Labute approximate surface area is 81.8 Å². The summed E-state index contributed by atoms with van der Waals surface area (Å²) in [6, 6.07) is 0. The van der Waals surface area contributed by atoms with Crippen molar-refractivity contribution in [2.24, 2.45) is 11.7 Å². The third-order valence-electron chi connectivity index (χ3n) is 3.09. The highest BCUT2D eigenvalue weighted by Gasteiger charge is 2.36. The summed E-state index contributed by atoms with van der Waals surface area (Å²) in [5.74, 6) is 0.796. The van der Waals surface area contributed by atoms with Gasteiger partial charge in [-0.1, -0.05) is 20.3 Å². The first-order valence-electron chi connectivity index (χ1n) is 5.56. The predicted octanol–water partition coefficient (Wildman–Crippen LogP) is 2.32. The van der Waals surface area contributed by atoms with Gasteiger partial charge in [0.05, 0.1) is 5.60 Å². The molecule has 1 aliphatic carbocycles. The van der Waals surface area contributed by atoms with Gasteiger partial charge in [-0.2, -0.15) is 0 Å². The van der Waals surface area contributed by atoms with E-state index >= 15 is 0 Å². The molecular formula is C11H23NO. The third kappa shape index (κ3) is 2.96. The first-order chi connectivity index (χ1) is 6.22. The largest absolute Gasteiger partial charge is 0.374 e. The topological polar surface area (TPSA) is 35.2 Å². The molecule has 1 rings (SSSR count). The Morgan fingerprint density at radius 3 is 2.77 bits per heavy atom. The zero-order valence-corrected chi connectivity index (χ0v) is 9.01. The molecule has 2 heteroatoms. The molecule has 2 nitrogen and oxygen atoms in total. The molecule has 0 radical (unpaired) electrons. The summed E-state index contributed by atoms with van der Waals surface area (Å²) in [6.45, 7) is 6.07. The molecule has 1 fully saturated rings. The maximum absolute atomic E-state index is 5.93. The van der Waals surface area contributed by atoms with Crippen molar-refractivity contribution < 1.29 is 4.74 Å². The van der Waals surface area contributed by atoms with Crippen molar-refractivity contribution in [1.82, 2.24) is 0 Å². The summed E-state index contributed by atoms with van der Waals surface area (Å²) in [6.07, 6.45) is 5.97. The summed E-state index contributed by atoms with van der Waals surface area (Å²) in [7, 11) is 0. The molecule has 2 N–H and O–H groups in total. The minimum atomic E-state index is 0.0363. The quantitative estimate of drug-likeness (QED) is 0.667. The monoisotopic (exact) mass is 185 g/mol. The van der Waals surface area contributed by atoms with E-state index in [9.17, 15) is 0 Å². The van der Waals surface area contributed by atoms with Gasteiger partial charge in [-0.3, -0.25) is 0 Å². The van der Waals surface area contributed by atoms with Crippen LogP contribution in [0.3, 0.4) is 0 Å². The minimum Gasteiger partial charge on any atom is -0.374 e. The highest BCUT2D eigenvalue weighted by atomic mass is 16.5. The van der Waals surface area contributed by atoms with Gasteiger partial charge < -0.3 is 10.5 Å². The fourth-order valence-corrected chi connectivity index (χ4v) is 2.16. The van der Waals surface area contributed by atoms with Gasteiger partial charge in [0.15, 0.2) is 0 Å². The molecule has 0 heterocycles. The Morgan fingerprint density at radius 1 is 1.54 bits per heavy atom. The van der Waals surface area contributed by atoms with E-state index in [2.05, 4.69) is 13.8 Å². The number of hydrogen-bond donors (Lipinski definition) is 1. The summed E-state index contributed by atoms with van der Waals surface area (Å²) >= 11 is 0. The lowest BCUT2D eigenvalue weighted by Crippen LogP contribution is -2.38. The van der Waals surface area contributed by atoms with E-state index < -0.39 is 0 Å². The minimum absolute atomic E-state index is 0.0363. The average molecular weight is 185 g/mol. The Kier molecular flexibility index (Phi) is 4.20. The number of hydrogen-bond acceptors (Lipinski definition) is 2. The molecule has 0 bridgehead atoms. The van der Waals surface area contributed by atoms with Crippen molar-refractivity contribution >= 4 is 0 Å².